The minimum Gasteiger partial charge on any atom is -0.388 e. The van der Waals surface area contributed by atoms with Crippen LogP contribution in [-0.4, -0.2) is 43.6 Å². The third-order valence-electron chi connectivity index (χ3n) is 3.20. The third-order valence-corrected chi connectivity index (χ3v) is 3.20. The summed E-state index contributed by atoms with van der Waals surface area (Å²) in [5.41, 5.74) is 1.12. The molecular weight excluding hydrogens is 242 g/mol. The summed E-state index contributed by atoms with van der Waals surface area (Å²) in [4.78, 5) is 0. The maximum absolute atomic E-state index is 9.79. The molecule has 0 aromatic heterocycles. The van der Waals surface area contributed by atoms with Gasteiger partial charge in [0.25, 0.3) is 0 Å². The quantitative estimate of drug-likeness (QED) is 0.781. The zero-order valence-corrected chi connectivity index (χ0v) is 11.3. The molecular formula is C15H23NO3. The molecule has 2 rings (SSSR count). The second-order valence-electron chi connectivity index (χ2n) is 4.96. The Hall–Kier alpha value is -0.940. The van der Waals surface area contributed by atoms with Gasteiger partial charge in [-0.1, -0.05) is 30.3 Å². The van der Waals surface area contributed by atoms with Crippen molar-refractivity contribution in [3.63, 3.8) is 0 Å². The van der Waals surface area contributed by atoms with Crippen molar-refractivity contribution in [2.45, 2.75) is 31.7 Å². The van der Waals surface area contributed by atoms with Crippen molar-refractivity contribution in [2.75, 3.05) is 26.3 Å². The summed E-state index contributed by atoms with van der Waals surface area (Å²) in [7, 11) is 0. The lowest BCUT2D eigenvalue weighted by molar-refractivity contribution is -0.0520. The molecule has 1 unspecified atom stereocenters. The molecule has 0 saturated carbocycles. The number of aliphatic hydroxyl groups excluding tert-OH is 1. The van der Waals surface area contributed by atoms with E-state index in [1.54, 1.807) is 0 Å². The Bertz CT molecular complexity index is 339. The van der Waals surface area contributed by atoms with Crippen LogP contribution in [0.15, 0.2) is 30.3 Å². The molecule has 0 amide bonds. The highest BCUT2D eigenvalue weighted by Crippen LogP contribution is 2.07. The topological polar surface area (TPSA) is 50.7 Å². The van der Waals surface area contributed by atoms with E-state index < -0.39 is 6.10 Å². The fraction of sp³-hybridized carbons (Fsp3) is 0.600. The van der Waals surface area contributed by atoms with E-state index in [0.717, 1.165) is 31.5 Å². The summed E-state index contributed by atoms with van der Waals surface area (Å²) in [5, 5.41) is 13.1. The lowest BCUT2D eigenvalue weighted by atomic mass is 10.1. The van der Waals surface area contributed by atoms with Crippen LogP contribution in [0, 0.1) is 0 Å². The highest BCUT2D eigenvalue weighted by atomic mass is 16.5. The first kappa shape index (κ1) is 14.5. The maximum Gasteiger partial charge on any atom is 0.101 e. The average molecular weight is 265 g/mol. The monoisotopic (exact) mass is 265 g/mol. The Morgan fingerprint density at radius 2 is 2.11 bits per heavy atom. The van der Waals surface area contributed by atoms with Gasteiger partial charge in [0.2, 0.25) is 0 Å². The molecule has 19 heavy (non-hydrogen) atoms. The van der Waals surface area contributed by atoms with Crippen molar-refractivity contribution in [2.24, 2.45) is 0 Å². The van der Waals surface area contributed by atoms with Crippen molar-refractivity contribution in [1.82, 2.24) is 5.32 Å². The van der Waals surface area contributed by atoms with Gasteiger partial charge < -0.3 is 19.9 Å². The lowest BCUT2D eigenvalue weighted by Crippen LogP contribution is -2.37. The Kier molecular flexibility index (Phi) is 6.30. The van der Waals surface area contributed by atoms with Crippen molar-refractivity contribution < 1.29 is 14.6 Å². The minimum absolute atomic E-state index is 0.234. The van der Waals surface area contributed by atoms with E-state index in [-0.39, 0.29) is 6.10 Å². The maximum atomic E-state index is 9.79. The summed E-state index contributed by atoms with van der Waals surface area (Å²) < 4.78 is 11.1. The van der Waals surface area contributed by atoms with Gasteiger partial charge in [-0.2, -0.15) is 0 Å². The zero-order chi connectivity index (χ0) is 13.3. The van der Waals surface area contributed by atoms with Crippen molar-refractivity contribution in [1.29, 1.82) is 0 Å². The van der Waals surface area contributed by atoms with E-state index in [1.807, 2.05) is 30.3 Å². The van der Waals surface area contributed by atoms with Crippen LogP contribution >= 0.6 is 0 Å². The van der Waals surface area contributed by atoms with Crippen molar-refractivity contribution >= 4 is 0 Å². The first-order chi connectivity index (χ1) is 9.34. The summed E-state index contributed by atoms with van der Waals surface area (Å²) in [6, 6.07) is 9.96. The van der Waals surface area contributed by atoms with Crippen LogP contribution in [0.2, 0.25) is 0 Å². The summed E-state index contributed by atoms with van der Waals surface area (Å²) in [6.07, 6.45) is 1.90. The lowest BCUT2D eigenvalue weighted by Gasteiger charge is -2.24. The zero-order valence-electron chi connectivity index (χ0n) is 11.3. The van der Waals surface area contributed by atoms with Crippen LogP contribution in [0.5, 0.6) is 0 Å². The molecule has 0 bridgehead atoms. The van der Waals surface area contributed by atoms with Crippen LogP contribution in [0.3, 0.4) is 0 Å². The minimum atomic E-state index is -0.550. The molecule has 2 N–H and O–H groups in total. The molecule has 0 spiro atoms. The van der Waals surface area contributed by atoms with E-state index in [0.29, 0.717) is 19.8 Å². The van der Waals surface area contributed by atoms with Crippen LogP contribution in [0.4, 0.5) is 0 Å². The number of nitrogens with one attached hydrogen (secondary N) is 1. The normalized spacial score (nSPS) is 21.2. The third kappa shape index (κ3) is 5.70. The smallest absolute Gasteiger partial charge is 0.101 e. The predicted octanol–water partition coefficient (Wildman–Crippen LogP) is 1.33. The SMILES string of the molecule is OC(COCc1ccccc1)CO[C@H]1CCCNC1. The number of hydrogen-bond donors (Lipinski definition) is 2. The molecule has 0 aliphatic carbocycles. The Labute approximate surface area is 114 Å². The number of rotatable bonds is 7. The summed E-state index contributed by atoms with van der Waals surface area (Å²) in [6.45, 7) is 3.15. The molecule has 2 atom stereocenters. The van der Waals surface area contributed by atoms with Gasteiger partial charge in [-0.25, -0.2) is 0 Å². The average Bonchev–Trinajstić information content (AvgIpc) is 2.47. The second-order valence-corrected chi connectivity index (χ2v) is 4.96. The standard InChI is InChI=1S/C15H23NO3/c17-14(12-19-15-7-4-8-16-9-15)11-18-10-13-5-2-1-3-6-13/h1-3,5-6,14-17H,4,7-12H2/t14?,15-/m0/s1. The van der Waals surface area contributed by atoms with Gasteiger partial charge in [-0.15, -0.1) is 0 Å². The van der Waals surface area contributed by atoms with Crippen molar-refractivity contribution in [3.8, 4) is 0 Å². The van der Waals surface area contributed by atoms with Gasteiger partial charge in [0.1, 0.15) is 6.10 Å². The van der Waals surface area contributed by atoms with Crippen LogP contribution < -0.4 is 5.32 Å². The number of hydrogen-bond acceptors (Lipinski definition) is 4. The predicted molar refractivity (Wildman–Crippen MR) is 73.9 cm³/mol. The number of ether oxygens (including phenoxy) is 2. The van der Waals surface area contributed by atoms with E-state index in [9.17, 15) is 5.11 Å². The number of aliphatic hydroxyl groups is 1. The molecule has 106 valence electrons. The second kappa shape index (κ2) is 8.27. The fourth-order valence-electron chi connectivity index (χ4n) is 2.14. The fourth-order valence-corrected chi connectivity index (χ4v) is 2.14. The van der Waals surface area contributed by atoms with E-state index in [2.05, 4.69) is 5.32 Å². The van der Waals surface area contributed by atoms with E-state index >= 15 is 0 Å². The molecule has 1 aromatic carbocycles. The van der Waals surface area contributed by atoms with Gasteiger partial charge in [0.15, 0.2) is 0 Å². The highest BCUT2D eigenvalue weighted by molar-refractivity contribution is 5.13. The molecule has 1 aromatic rings. The van der Waals surface area contributed by atoms with Crippen LogP contribution in [-0.2, 0) is 16.1 Å². The highest BCUT2D eigenvalue weighted by Gasteiger charge is 2.15. The van der Waals surface area contributed by atoms with Gasteiger partial charge in [0, 0.05) is 6.54 Å². The molecule has 0 radical (unpaired) electrons. The molecule has 1 aliphatic heterocycles. The van der Waals surface area contributed by atoms with Crippen molar-refractivity contribution in [3.05, 3.63) is 35.9 Å². The summed E-state index contributed by atoms with van der Waals surface area (Å²) in [5.74, 6) is 0. The Balaban J connectivity index is 1.55. The Morgan fingerprint density at radius 3 is 2.84 bits per heavy atom. The molecule has 1 heterocycles. The largest absolute Gasteiger partial charge is 0.388 e. The van der Waals surface area contributed by atoms with Gasteiger partial charge >= 0.3 is 0 Å². The van der Waals surface area contributed by atoms with Gasteiger partial charge in [0.05, 0.1) is 25.9 Å². The Morgan fingerprint density at radius 1 is 1.26 bits per heavy atom. The number of piperidine rings is 1. The first-order valence-electron chi connectivity index (χ1n) is 6.96. The molecule has 1 fully saturated rings. The molecule has 4 nitrogen and oxygen atoms in total. The number of benzene rings is 1. The van der Waals surface area contributed by atoms with E-state index in [1.165, 1.54) is 0 Å². The van der Waals surface area contributed by atoms with Crippen LogP contribution in [0.25, 0.3) is 0 Å². The molecule has 1 aliphatic rings. The first-order valence-corrected chi connectivity index (χ1v) is 6.96. The van der Waals surface area contributed by atoms with Gasteiger partial charge in [-0.3, -0.25) is 0 Å². The van der Waals surface area contributed by atoms with E-state index in [4.69, 9.17) is 9.47 Å². The molecule has 4 heteroatoms. The van der Waals surface area contributed by atoms with Crippen LogP contribution in [0.1, 0.15) is 18.4 Å². The van der Waals surface area contributed by atoms with Gasteiger partial charge in [-0.05, 0) is 24.9 Å². The summed E-state index contributed by atoms with van der Waals surface area (Å²) >= 11 is 0. The molecule has 1 saturated heterocycles.